The van der Waals surface area contributed by atoms with Gasteiger partial charge in [-0.3, -0.25) is 9.69 Å². The molecule has 23 heavy (non-hydrogen) atoms. The molecule has 2 saturated heterocycles. The summed E-state index contributed by atoms with van der Waals surface area (Å²) in [5, 5.41) is 6.61. The van der Waals surface area contributed by atoms with E-state index < -0.39 is 0 Å². The second kappa shape index (κ2) is 11.5. The topological polar surface area (TPSA) is 53.6 Å². The van der Waals surface area contributed by atoms with Crippen LogP contribution in [0.2, 0.25) is 0 Å². The molecule has 5 nitrogen and oxygen atoms in total. The summed E-state index contributed by atoms with van der Waals surface area (Å²) in [5.41, 5.74) is 0.115. The number of piperidine rings is 1. The second-order valence-corrected chi connectivity index (χ2v) is 6.59. The van der Waals surface area contributed by atoms with Gasteiger partial charge < -0.3 is 15.4 Å². The predicted molar refractivity (Wildman–Crippen MR) is 98.8 cm³/mol. The van der Waals surface area contributed by atoms with Gasteiger partial charge in [-0.1, -0.05) is 6.92 Å². The maximum absolute atomic E-state index is 12.5. The van der Waals surface area contributed by atoms with Crippen molar-refractivity contribution in [2.75, 3.05) is 46.4 Å². The van der Waals surface area contributed by atoms with E-state index in [9.17, 15) is 4.79 Å². The number of carbonyl (C=O) groups excluding carboxylic acids is 1. The zero-order valence-electron chi connectivity index (χ0n) is 14.4. The number of hydrogen-bond donors (Lipinski definition) is 2. The number of carbonyl (C=O) groups is 1. The fourth-order valence-corrected chi connectivity index (χ4v) is 3.71. The van der Waals surface area contributed by atoms with Gasteiger partial charge in [-0.2, -0.15) is 0 Å². The molecule has 1 unspecified atom stereocenters. The molecule has 1 amide bonds. The lowest BCUT2D eigenvalue weighted by Gasteiger charge is -2.37. The molecular weight excluding hydrogens is 337 g/mol. The summed E-state index contributed by atoms with van der Waals surface area (Å²) in [6, 6.07) is 0.0891. The van der Waals surface area contributed by atoms with E-state index in [-0.39, 0.29) is 42.2 Å². The van der Waals surface area contributed by atoms with E-state index in [1.165, 1.54) is 0 Å². The minimum absolute atomic E-state index is 0. The second-order valence-electron chi connectivity index (χ2n) is 6.59. The van der Waals surface area contributed by atoms with Crippen molar-refractivity contribution in [3.63, 3.8) is 0 Å². The summed E-state index contributed by atoms with van der Waals surface area (Å²) in [4.78, 5) is 14.8. The molecule has 1 atom stereocenters. The summed E-state index contributed by atoms with van der Waals surface area (Å²) in [6.07, 6.45) is 5.41. The largest absolute Gasteiger partial charge is 0.384 e. The average molecular weight is 370 g/mol. The van der Waals surface area contributed by atoms with Crippen LogP contribution in [0.15, 0.2) is 0 Å². The Morgan fingerprint density at radius 2 is 2.04 bits per heavy atom. The lowest BCUT2D eigenvalue weighted by molar-refractivity contribution is -0.126. The first kappa shape index (κ1) is 22.9. The molecule has 0 aliphatic carbocycles. The van der Waals surface area contributed by atoms with Gasteiger partial charge >= 0.3 is 0 Å². The summed E-state index contributed by atoms with van der Waals surface area (Å²) in [7, 11) is 1.76. The van der Waals surface area contributed by atoms with Crippen LogP contribution < -0.4 is 10.6 Å². The Hall–Kier alpha value is -0.0700. The highest BCUT2D eigenvalue weighted by molar-refractivity contribution is 5.85. The first-order valence-electron chi connectivity index (χ1n) is 8.42. The van der Waals surface area contributed by atoms with Crippen LogP contribution in [0.4, 0.5) is 0 Å². The lowest BCUT2D eigenvalue weighted by atomic mass is 9.79. The average Bonchev–Trinajstić information content (AvgIpc) is 2.95. The first-order chi connectivity index (χ1) is 10.2. The molecule has 138 valence electrons. The van der Waals surface area contributed by atoms with Crippen LogP contribution in [0.5, 0.6) is 0 Å². The molecule has 2 aliphatic heterocycles. The minimum Gasteiger partial charge on any atom is -0.384 e. The smallest absolute Gasteiger partial charge is 0.237 e. The van der Waals surface area contributed by atoms with Crippen LogP contribution in [0.3, 0.4) is 0 Å². The summed E-state index contributed by atoms with van der Waals surface area (Å²) in [6.45, 7) is 7.80. The Bertz CT molecular complexity index is 334. The molecule has 2 fully saturated rings. The van der Waals surface area contributed by atoms with E-state index in [4.69, 9.17) is 4.74 Å². The molecule has 2 heterocycles. The van der Waals surface area contributed by atoms with Gasteiger partial charge in [0.05, 0.1) is 12.6 Å². The minimum atomic E-state index is 0. The number of amides is 1. The van der Waals surface area contributed by atoms with Gasteiger partial charge in [0.2, 0.25) is 5.91 Å². The molecule has 0 radical (unpaired) electrons. The van der Waals surface area contributed by atoms with Crippen molar-refractivity contribution < 1.29 is 9.53 Å². The quantitative estimate of drug-likeness (QED) is 0.718. The monoisotopic (exact) mass is 369 g/mol. The Labute approximate surface area is 153 Å². The number of rotatable bonds is 7. The van der Waals surface area contributed by atoms with Crippen molar-refractivity contribution in [3.8, 4) is 0 Å². The van der Waals surface area contributed by atoms with E-state index in [1.807, 2.05) is 0 Å². The van der Waals surface area contributed by atoms with Gasteiger partial charge in [0.15, 0.2) is 0 Å². The van der Waals surface area contributed by atoms with E-state index in [0.717, 1.165) is 71.4 Å². The molecule has 0 bridgehead atoms. The number of ether oxygens (including phenoxy) is 1. The van der Waals surface area contributed by atoms with Crippen LogP contribution in [0.1, 0.15) is 39.0 Å². The van der Waals surface area contributed by atoms with Gasteiger partial charge in [0, 0.05) is 19.1 Å². The molecule has 2 N–H and O–H groups in total. The van der Waals surface area contributed by atoms with Crippen molar-refractivity contribution in [2.45, 2.75) is 45.1 Å². The van der Waals surface area contributed by atoms with Crippen molar-refractivity contribution >= 4 is 30.7 Å². The molecule has 2 aliphatic rings. The third kappa shape index (κ3) is 6.39. The zero-order valence-corrected chi connectivity index (χ0v) is 16.1. The SMILES string of the molecule is CCCN1CCCC1C(=O)NCC1(COC)CCNCC1.Cl.Cl. The van der Waals surface area contributed by atoms with E-state index in [2.05, 4.69) is 22.5 Å². The van der Waals surface area contributed by atoms with Crippen molar-refractivity contribution in [1.82, 2.24) is 15.5 Å². The standard InChI is InChI=1S/C16H31N3O2.2ClH/c1-3-10-19-11-4-5-14(19)15(20)18-12-16(13-21-2)6-8-17-9-7-16;;/h14,17H,3-13H2,1-2H3,(H,18,20);2*1H. The lowest BCUT2D eigenvalue weighted by Crippen LogP contribution is -2.50. The molecule has 7 heteroatoms. The van der Waals surface area contributed by atoms with Crippen LogP contribution in [0, 0.1) is 5.41 Å². The van der Waals surface area contributed by atoms with E-state index in [1.54, 1.807) is 7.11 Å². The van der Waals surface area contributed by atoms with Crippen molar-refractivity contribution in [2.24, 2.45) is 5.41 Å². The van der Waals surface area contributed by atoms with Gasteiger partial charge in [0.1, 0.15) is 0 Å². The van der Waals surface area contributed by atoms with Crippen molar-refractivity contribution in [1.29, 1.82) is 0 Å². The Morgan fingerprint density at radius 3 is 2.65 bits per heavy atom. The predicted octanol–water partition coefficient (Wildman–Crippen LogP) is 1.84. The van der Waals surface area contributed by atoms with Crippen LogP contribution in [-0.2, 0) is 9.53 Å². The highest BCUT2D eigenvalue weighted by atomic mass is 35.5. The normalized spacial score (nSPS) is 23.7. The van der Waals surface area contributed by atoms with Crippen LogP contribution in [-0.4, -0.2) is 63.3 Å². The molecule has 0 aromatic carbocycles. The Balaban J connectivity index is 0.00000242. The molecule has 0 aromatic rings. The zero-order chi connectivity index (χ0) is 15.1. The van der Waals surface area contributed by atoms with E-state index >= 15 is 0 Å². The van der Waals surface area contributed by atoms with Crippen LogP contribution >= 0.6 is 24.8 Å². The summed E-state index contributed by atoms with van der Waals surface area (Å²) >= 11 is 0. The Kier molecular flexibility index (Phi) is 11.4. The number of hydrogen-bond acceptors (Lipinski definition) is 4. The summed E-state index contributed by atoms with van der Waals surface area (Å²) in [5.74, 6) is 0.218. The molecule has 0 saturated carbocycles. The maximum atomic E-state index is 12.5. The van der Waals surface area contributed by atoms with Gasteiger partial charge in [0.25, 0.3) is 0 Å². The molecule has 0 aromatic heterocycles. The van der Waals surface area contributed by atoms with Crippen LogP contribution in [0.25, 0.3) is 0 Å². The third-order valence-electron chi connectivity index (χ3n) is 4.93. The molecule has 0 spiro atoms. The number of halogens is 2. The first-order valence-corrected chi connectivity index (χ1v) is 8.42. The summed E-state index contributed by atoms with van der Waals surface area (Å²) < 4.78 is 5.41. The highest BCUT2D eigenvalue weighted by Gasteiger charge is 2.35. The van der Waals surface area contributed by atoms with Gasteiger partial charge in [-0.05, 0) is 58.3 Å². The maximum Gasteiger partial charge on any atom is 0.237 e. The third-order valence-corrected chi connectivity index (χ3v) is 4.93. The molecule has 2 rings (SSSR count). The highest BCUT2D eigenvalue weighted by Crippen LogP contribution is 2.28. The van der Waals surface area contributed by atoms with Gasteiger partial charge in [-0.25, -0.2) is 0 Å². The fourth-order valence-electron chi connectivity index (χ4n) is 3.71. The number of nitrogens with zero attached hydrogens (tertiary/aromatic N) is 1. The number of methoxy groups -OCH3 is 1. The van der Waals surface area contributed by atoms with Gasteiger partial charge in [-0.15, -0.1) is 24.8 Å². The number of likely N-dealkylation sites (tertiary alicyclic amines) is 1. The fraction of sp³-hybridized carbons (Fsp3) is 0.938. The molecular formula is C16H33Cl2N3O2. The van der Waals surface area contributed by atoms with E-state index in [0.29, 0.717) is 0 Å². The Morgan fingerprint density at radius 1 is 1.35 bits per heavy atom. The number of nitrogens with one attached hydrogen (secondary N) is 2. The van der Waals surface area contributed by atoms with Crippen molar-refractivity contribution in [3.05, 3.63) is 0 Å².